The van der Waals surface area contributed by atoms with Gasteiger partial charge in [-0.1, -0.05) is 0 Å². The van der Waals surface area contributed by atoms with Gasteiger partial charge in [0.2, 0.25) is 5.43 Å². The SMILES string of the molecule is COc1c[nH]c(CN(CN(C)C)[N+]#N)cc1=O. The van der Waals surface area contributed by atoms with Gasteiger partial charge in [0.05, 0.1) is 7.11 Å². The summed E-state index contributed by atoms with van der Waals surface area (Å²) >= 11 is 0. The second kappa shape index (κ2) is 5.86. The normalized spacial score (nSPS) is 10.1. The van der Waals surface area contributed by atoms with E-state index < -0.39 is 0 Å². The fraction of sp³-hybridized carbons (Fsp3) is 0.500. The summed E-state index contributed by atoms with van der Waals surface area (Å²) in [6.45, 7) is 0.762. The van der Waals surface area contributed by atoms with E-state index in [1.807, 2.05) is 19.0 Å². The van der Waals surface area contributed by atoms with Crippen molar-refractivity contribution in [2.24, 2.45) is 0 Å². The minimum Gasteiger partial charge on any atom is -0.491 e. The first-order chi connectivity index (χ1) is 8.06. The molecular weight excluding hydrogens is 222 g/mol. The molecule has 0 aliphatic rings. The van der Waals surface area contributed by atoms with Crippen LogP contribution in [0.2, 0.25) is 0 Å². The van der Waals surface area contributed by atoms with E-state index in [9.17, 15) is 4.79 Å². The van der Waals surface area contributed by atoms with E-state index in [-0.39, 0.29) is 11.2 Å². The van der Waals surface area contributed by atoms with E-state index in [0.29, 0.717) is 18.9 Å². The highest BCUT2D eigenvalue weighted by molar-refractivity contribution is 5.20. The lowest BCUT2D eigenvalue weighted by molar-refractivity contribution is 0.219. The Morgan fingerprint density at radius 2 is 2.24 bits per heavy atom. The Kier molecular flexibility index (Phi) is 4.48. The largest absolute Gasteiger partial charge is 0.491 e. The van der Waals surface area contributed by atoms with Crippen molar-refractivity contribution in [1.29, 1.82) is 5.39 Å². The molecule has 0 fully saturated rings. The molecule has 1 aromatic heterocycles. The number of pyridine rings is 1. The highest BCUT2D eigenvalue weighted by Crippen LogP contribution is 2.04. The summed E-state index contributed by atoms with van der Waals surface area (Å²) in [4.78, 5) is 16.3. The molecule has 1 N–H and O–H groups in total. The molecule has 0 atom stereocenters. The topological polar surface area (TPSA) is 76.7 Å². The third-order valence-electron chi connectivity index (χ3n) is 2.08. The van der Waals surface area contributed by atoms with E-state index in [4.69, 9.17) is 10.1 Å². The number of nitrogens with one attached hydrogen (secondary N) is 1. The Labute approximate surface area is 99.2 Å². The van der Waals surface area contributed by atoms with Gasteiger partial charge in [-0.2, -0.15) is 0 Å². The Morgan fingerprint density at radius 3 is 2.71 bits per heavy atom. The Bertz CT molecular complexity index is 462. The second-order valence-corrected chi connectivity index (χ2v) is 3.87. The van der Waals surface area contributed by atoms with Crippen molar-refractivity contribution in [3.05, 3.63) is 33.3 Å². The van der Waals surface area contributed by atoms with E-state index in [1.54, 1.807) is 0 Å². The quantitative estimate of drug-likeness (QED) is 0.458. The molecule has 1 heterocycles. The summed E-state index contributed by atoms with van der Waals surface area (Å²) in [5.74, 6) is 0.258. The minimum atomic E-state index is -0.205. The fourth-order valence-corrected chi connectivity index (χ4v) is 1.38. The zero-order chi connectivity index (χ0) is 12.8. The van der Waals surface area contributed by atoms with Crippen LogP contribution in [-0.4, -0.2) is 42.8 Å². The fourth-order valence-electron chi connectivity index (χ4n) is 1.38. The van der Waals surface area contributed by atoms with Crippen molar-refractivity contribution >= 4 is 0 Å². The van der Waals surface area contributed by atoms with E-state index in [2.05, 4.69) is 10.1 Å². The lowest BCUT2D eigenvalue weighted by atomic mass is 10.3. The number of diazo groups is 1. The van der Waals surface area contributed by atoms with Gasteiger partial charge in [0.15, 0.2) is 5.75 Å². The van der Waals surface area contributed by atoms with Crippen LogP contribution in [0.1, 0.15) is 5.69 Å². The number of nitrogens with zero attached hydrogens (tertiary/aromatic N) is 4. The number of aromatic amines is 1. The lowest BCUT2D eigenvalue weighted by Gasteiger charge is -2.10. The van der Waals surface area contributed by atoms with Crippen LogP contribution in [0.3, 0.4) is 0 Å². The van der Waals surface area contributed by atoms with Gasteiger partial charge in [-0.05, 0) is 19.1 Å². The first-order valence-electron chi connectivity index (χ1n) is 5.07. The Hall–Kier alpha value is -2.07. The van der Waals surface area contributed by atoms with Crippen molar-refractivity contribution in [2.75, 3.05) is 27.9 Å². The number of H-pyrrole nitrogens is 1. The van der Waals surface area contributed by atoms with Crippen LogP contribution in [0, 0.1) is 5.39 Å². The average molecular weight is 238 g/mol. The average Bonchev–Trinajstić information content (AvgIpc) is 2.27. The van der Waals surface area contributed by atoms with Gasteiger partial charge in [0.1, 0.15) is 13.2 Å². The maximum Gasteiger partial charge on any atom is 0.307 e. The molecule has 92 valence electrons. The first-order valence-corrected chi connectivity index (χ1v) is 5.07. The molecule has 0 aromatic carbocycles. The molecule has 7 nitrogen and oxygen atoms in total. The molecule has 0 bridgehead atoms. The number of ether oxygens (including phenoxy) is 1. The van der Waals surface area contributed by atoms with Gasteiger partial charge in [0, 0.05) is 18.0 Å². The highest BCUT2D eigenvalue weighted by Gasteiger charge is 2.16. The van der Waals surface area contributed by atoms with Crippen LogP contribution in [0.25, 0.3) is 5.08 Å². The standard InChI is InChI=1S/C10H15N5O2/c1-14(2)7-15(13-11)6-8-4-9(16)10(17-3)5-12-8/h4-5H,6-7H2,1-3H3/p+1. The van der Waals surface area contributed by atoms with Crippen molar-refractivity contribution in [3.63, 3.8) is 0 Å². The van der Waals surface area contributed by atoms with Crippen LogP contribution in [0.4, 0.5) is 0 Å². The highest BCUT2D eigenvalue weighted by atomic mass is 16.5. The molecule has 17 heavy (non-hydrogen) atoms. The van der Waals surface area contributed by atoms with Gasteiger partial charge in [-0.25, -0.2) is 0 Å². The number of rotatable bonds is 5. The third kappa shape index (κ3) is 3.77. The molecule has 0 aliphatic heterocycles. The summed E-state index contributed by atoms with van der Waals surface area (Å²) < 4.78 is 4.86. The van der Waals surface area contributed by atoms with Crippen LogP contribution in [0.5, 0.6) is 5.75 Å². The molecule has 0 saturated carbocycles. The van der Waals surface area contributed by atoms with Gasteiger partial charge in [-0.15, -0.1) is 0 Å². The van der Waals surface area contributed by atoms with Gasteiger partial charge in [0.25, 0.3) is 5.39 Å². The van der Waals surface area contributed by atoms with Gasteiger partial charge >= 0.3 is 5.08 Å². The lowest BCUT2D eigenvalue weighted by Crippen LogP contribution is -2.28. The Balaban J connectivity index is 2.78. The molecule has 7 heteroatoms. The molecule has 0 radical (unpaired) electrons. The van der Waals surface area contributed by atoms with Crippen LogP contribution in [0.15, 0.2) is 17.1 Å². The summed E-state index contributed by atoms with van der Waals surface area (Å²) in [7, 11) is 5.15. The summed E-state index contributed by atoms with van der Waals surface area (Å²) in [5.41, 5.74) is 0.444. The third-order valence-corrected chi connectivity index (χ3v) is 2.08. The van der Waals surface area contributed by atoms with Crippen molar-refractivity contribution in [3.8, 4) is 5.75 Å². The summed E-state index contributed by atoms with van der Waals surface area (Å²) in [6.07, 6.45) is 1.49. The van der Waals surface area contributed by atoms with Gasteiger partial charge < -0.3 is 9.72 Å². The predicted molar refractivity (Wildman–Crippen MR) is 62.8 cm³/mol. The molecule has 0 unspecified atom stereocenters. The molecular formula is C10H16N5O2+. The smallest absolute Gasteiger partial charge is 0.307 e. The summed E-state index contributed by atoms with van der Waals surface area (Å²) in [5, 5.41) is 13.4. The zero-order valence-electron chi connectivity index (χ0n) is 10.2. The molecule has 1 rings (SSSR count). The Morgan fingerprint density at radius 1 is 1.53 bits per heavy atom. The van der Waals surface area contributed by atoms with Crippen molar-refractivity contribution in [2.45, 2.75) is 6.54 Å². The first kappa shape index (κ1) is 13.0. The van der Waals surface area contributed by atoms with E-state index in [0.717, 1.165) is 0 Å². The van der Waals surface area contributed by atoms with Crippen LogP contribution in [-0.2, 0) is 6.54 Å². The zero-order valence-corrected chi connectivity index (χ0v) is 10.2. The maximum atomic E-state index is 11.5. The van der Waals surface area contributed by atoms with Crippen molar-refractivity contribution in [1.82, 2.24) is 14.9 Å². The number of hydrogen-bond acceptors (Lipinski definition) is 5. The molecule has 1 aromatic rings. The van der Waals surface area contributed by atoms with E-state index in [1.165, 1.54) is 24.4 Å². The molecule has 0 amide bonds. The number of methoxy groups -OCH3 is 1. The van der Waals surface area contributed by atoms with Crippen molar-refractivity contribution < 1.29 is 4.74 Å². The number of aromatic nitrogens is 1. The predicted octanol–water partition coefficient (Wildman–Crippen LogP) is 0.473. The molecule has 0 spiro atoms. The molecule has 0 aliphatic carbocycles. The van der Waals surface area contributed by atoms with Crippen LogP contribution < -0.4 is 10.2 Å². The maximum absolute atomic E-state index is 11.5. The molecule has 0 saturated heterocycles. The van der Waals surface area contributed by atoms with E-state index >= 15 is 0 Å². The minimum absolute atomic E-state index is 0.205. The van der Waals surface area contributed by atoms with Crippen LogP contribution >= 0.6 is 0 Å². The second-order valence-electron chi connectivity index (χ2n) is 3.87. The number of hydrogen-bond donors (Lipinski definition) is 1. The summed E-state index contributed by atoms with van der Waals surface area (Å²) in [6, 6.07) is 1.42. The van der Waals surface area contributed by atoms with Gasteiger partial charge in [-0.3, -0.25) is 9.69 Å². The monoisotopic (exact) mass is 238 g/mol.